The number of hydrogen-bond acceptors (Lipinski definition) is 10. The van der Waals surface area contributed by atoms with Gasteiger partial charge in [0.25, 0.3) is 0 Å². The highest BCUT2D eigenvalue weighted by molar-refractivity contribution is 5.81. The Morgan fingerprint density at radius 2 is 1.94 bits per heavy atom. The van der Waals surface area contributed by atoms with Crippen LogP contribution in [0.1, 0.15) is 37.1 Å². The first-order chi connectivity index (χ1) is 14.6. The Morgan fingerprint density at radius 3 is 2.48 bits per heavy atom. The SMILES string of the molecule is COC(=O)[C@@H](CC(C)C)N(Cc1ncc(C)c(OC)c1C)c1nc(N)ncc1[N+](=O)[O-]. The highest BCUT2D eigenvalue weighted by atomic mass is 16.6. The fourth-order valence-corrected chi connectivity index (χ4v) is 3.38. The maximum absolute atomic E-state index is 12.7. The summed E-state index contributed by atoms with van der Waals surface area (Å²) in [5.74, 6) is -0.0253. The average molecular weight is 432 g/mol. The fraction of sp³-hybridized carbons (Fsp3) is 0.500. The molecule has 168 valence electrons. The van der Waals surface area contributed by atoms with Crippen molar-refractivity contribution in [1.29, 1.82) is 0 Å². The minimum Gasteiger partial charge on any atom is -0.496 e. The van der Waals surface area contributed by atoms with Crippen molar-refractivity contribution in [2.45, 2.75) is 46.7 Å². The van der Waals surface area contributed by atoms with E-state index in [-0.39, 0.29) is 29.9 Å². The second kappa shape index (κ2) is 10.0. The summed E-state index contributed by atoms with van der Waals surface area (Å²) in [5, 5.41) is 11.7. The number of aryl methyl sites for hydroxylation is 1. The van der Waals surface area contributed by atoms with Gasteiger partial charge in [0.1, 0.15) is 18.0 Å². The van der Waals surface area contributed by atoms with Crippen molar-refractivity contribution in [1.82, 2.24) is 15.0 Å². The van der Waals surface area contributed by atoms with Crippen LogP contribution in [0, 0.1) is 29.9 Å². The quantitative estimate of drug-likeness (QED) is 0.356. The Morgan fingerprint density at radius 1 is 1.26 bits per heavy atom. The van der Waals surface area contributed by atoms with E-state index in [2.05, 4.69) is 15.0 Å². The summed E-state index contributed by atoms with van der Waals surface area (Å²) in [6.45, 7) is 7.63. The lowest BCUT2D eigenvalue weighted by atomic mass is 10.0. The summed E-state index contributed by atoms with van der Waals surface area (Å²) in [4.78, 5) is 37.6. The zero-order chi connectivity index (χ0) is 23.3. The maximum atomic E-state index is 12.7. The first kappa shape index (κ1) is 23.8. The van der Waals surface area contributed by atoms with Gasteiger partial charge >= 0.3 is 11.7 Å². The van der Waals surface area contributed by atoms with Gasteiger partial charge in [-0.1, -0.05) is 13.8 Å². The molecule has 2 rings (SSSR count). The molecule has 0 amide bonds. The number of carbonyl (C=O) groups is 1. The Balaban J connectivity index is 2.71. The standard InChI is InChI=1S/C20H28N6O5/c1-11(2)7-15(19(27)31-6)25(18-16(26(28)29)9-23-20(21)24-18)10-14-13(4)17(30-5)12(3)8-22-14/h8-9,11,15H,7,10H2,1-6H3,(H2,21,23,24)/t15-/m1/s1. The second-order valence-electron chi connectivity index (χ2n) is 7.54. The van der Waals surface area contributed by atoms with Crippen LogP contribution in [0.2, 0.25) is 0 Å². The van der Waals surface area contributed by atoms with Crippen molar-refractivity contribution < 1.29 is 19.2 Å². The third-order valence-corrected chi connectivity index (χ3v) is 4.85. The summed E-state index contributed by atoms with van der Waals surface area (Å²) >= 11 is 0. The van der Waals surface area contributed by atoms with Crippen LogP contribution in [-0.4, -0.2) is 46.1 Å². The third kappa shape index (κ3) is 5.36. The van der Waals surface area contributed by atoms with E-state index in [1.54, 1.807) is 13.3 Å². The number of aromatic nitrogens is 3. The molecule has 2 heterocycles. The molecule has 0 saturated heterocycles. The number of nitrogen functional groups attached to an aromatic ring is 1. The van der Waals surface area contributed by atoms with E-state index in [1.807, 2.05) is 27.7 Å². The van der Waals surface area contributed by atoms with Crippen molar-refractivity contribution in [2.24, 2.45) is 5.92 Å². The van der Waals surface area contributed by atoms with Gasteiger partial charge in [0, 0.05) is 17.3 Å². The van der Waals surface area contributed by atoms with Gasteiger partial charge in [-0.25, -0.2) is 9.78 Å². The average Bonchev–Trinajstić information content (AvgIpc) is 2.71. The van der Waals surface area contributed by atoms with Gasteiger partial charge in [-0.3, -0.25) is 15.1 Å². The Kier molecular flexibility index (Phi) is 7.67. The number of nitrogens with two attached hydrogens (primary N) is 1. The van der Waals surface area contributed by atoms with Gasteiger partial charge < -0.3 is 20.1 Å². The lowest BCUT2D eigenvalue weighted by Gasteiger charge is -2.32. The normalized spacial score (nSPS) is 11.8. The summed E-state index contributed by atoms with van der Waals surface area (Å²) in [6, 6.07) is -0.855. The number of rotatable bonds is 9. The number of nitrogens with zero attached hydrogens (tertiary/aromatic N) is 5. The van der Waals surface area contributed by atoms with Crippen LogP contribution in [0.4, 0.5) is 17.5 Å². The molecule has 11 nitrogen and oxygen atoms in total. The van der Waals surface area contributed by atoms with Crippen molar-refractivity contribution in [2.75, 3.05) is 24.9 Å². The third-order valence-electron chi connectivity index (χ3n) is 4.85. The highest BCUT2D eigenvalue weighted by Crippen LogP contribution is 2.32. The van der Waals surface area contributed by atoms with Gasteiger partial charge in [-0.05, 0) is 26.2 Å². The highest BCUT2D eigenvalue weighted by Gasteiger charge is 2.34. The van der Waals surface area contributed by atoms with Crippen LogP contribution in [0.15, 0.2) is 12.4 Å². The fourth-order valence-electron chi connectivity index (χ4n) is 3.38. The molecule has 0 spiro atoms. The molecule has 0 bridgehead atoms. The predicted octanol–water partition coefficient (Wildman–Crippen LogP) is 2.58. The molecule has 2 aromatic heterocycles. The minimum atomic E-state index is -0.855. The van der Waals surface area contributed by atoms with Crippen LogP contribution >= 0.6 is 0 Å². The van der Waals surface area contributed by atoms with Crippen molar-refractivity contribution in [3.05, 3.63) is 39.3 Å². The molecular weight excluding hydrogens is 404 g/mol. The molecule has 0 radical (unpaired) electrons. The van der Waals surface area contributed by atoms with Crippen molar-refractivity contribution >= 4 is 23.4 Å². The first-order valence-corrected chi connectivity index (χ1v) is 9.71. The summed E-state index contributed by atoms with van der Waals surface area (Å²) in [7, 11) is 2.83. The number of methoxy groups -OCH3 is 2. The second-order valence-corrected chi connectivity index (χ2v) is 7.54. The molecule has 31 heavy (non-hydrogen) atoms. The van der Waals surface area contributed by atoms with E-state index in [9.17, 15) is 14.9 Å². The van der Waals surface area contributed by atoms with E-state index < -0.39 is 16.9 Å². The van der Waals surface area contributed by atoms with E-state index in [0.29, 0.717) is 17.9 Å². The smallest absolute Gasteiger partial charge is 0.329 e. The van der Waals surface area contributed by atoms with Crippen LogP contribution in [0.3, 0.4) is 0 Å². The molecule has 2 N–H and O–H groups in total. The van der Waals surface area contributed by atoms with Crippen molar-refractivity contribution in [3.63, 3.8) is 0 Å². The lowest BCUT2D eigenvalue weighted by Crippen LogP contribution is -2.43. The van der Waals surface area contributed by atoms with Gasteiger partial charge in [0.05, 0.1) is 31.4 Å². The molecule has 1 atom stereocenters. The molecule has 0 aliphatic heterocycles. The van der Waals surface area contributed by atoms with Crippen LogP contribution < -0.4 is 15.4 Å². The molecule has 0 aliphatic carbocycles. The molecular formula is C20H28N6O5. The lowest BCUT2D eigenvalue weighted by molar-refractivity contribution is -0.384. The molecule has 0 fully saturated rings. The molecule has 11 heteroatoms. The van der Waals surface area contributed by atoms with Crippen molar-refractivity contribution in [3.8, 4) is 5.75 Å². The number of pyridine rings is 1. The maximum Gasteiger partial charge on any atom is 0.329 e. The molecule has 0 saturated carbocycles. The zero-order valence-electron chi connectivity index (χ0n) is 18.6. The van der Waals surface area contributed by atoms with E-state index >= 15 is 0 Å². The Bertz CT molecular complexity index is 965. The number of nitro groups is 1. The minimum absolute atomic E-state index is 0.0479. The van der Waals surface area contributed by atoms with E-state index in [0.717, 1.165) is 17.3 Å². The number of carbonyl (C=O) groups excluding carboxylic acids is 1. The first-order valence-electron chi connectivity index (χ1n) is 9.71. The monoisotopic (exact) mass is 432 g/mol. The van der Waals surface area contributed by atoms with Crippen LogP contribution in [0.5, 0.6) is 5.75 Å². The van der Waals surface area contributed by atoms with Crippen LogP contribution in [0.25, 0.3) is 0 Å². The predicted molar refractivity (Wildman–Crippen MR) is 115 cm³/mol. The van der Waals surface area contributed by atoms with Crippen LogP contribution in [-0.2, 0) is 16.1 Å². The largest absolute Gasteiger partial charge is 0.496 e. The van der Waals surface area contributed by atoms with Gasteiger partial charge in [-0.15, -0.1) is 0 Å². The Hall–Kier alpha value is -3.50. The Labute approximate surface area is 180 Å². The van der Waals surface area contributed by atoms with Gasteiger partial charge in [0.15, 0.2) is 0 Å². The number of anilines is 2. The summed E-state index contributed by atoms with van der Waals surface area (Å²) < 4.78 is 10.5. The summed E-state index contributed by atoms with van der Waals surface area (Å²) in [5.41, 5.74) is 7.55. The molecule has 0 aromatic carbocycles. The van der Waals surface area contributed by atoms with Gasteiger partial charge in [0.2, 0.25) is 11.8 Å². The van der Waals surface area contributed by atoms with E-state index in [1.165, 1.54) is 12.0 Å². The van der Waals surface area contributed by atoms with Gasteiger partial charge in [-0.2, -0.15) is 4.98 Å². The van der Waals surface area contributed by atoms with E-state index in [4.69, 9.17) is 15.2 Å². The molecule has 2 aromatic rings. The number of ether oxygens (including phenoxy) is 2. The number of hydrogen-bond donors (Lipinski definition) is 1. The molecule has 0 aliphatic rings. The zero-order valence-corrected chi connectivity index (χ0v) is 18.6. The molecule has 0 unspecified atom stereocenters. The summed E-state index contributed by atoms with van der Waals surface area (Å²) in [6.07, 6.45) is 3.05. The number of esters is 1. The topological polar surface area (TPSA) is 147 Å².